The van der Waals surface area contributed by atoms with Crippen molar-refractivity contribution in [1.82, 2.24) is 9.88 Å². The molecule has 1 heterocycles. The molecular weight excluding hydrogens is 421 g/mol. The molecule has 0 fully saturated rings. The lowest BCUT2D eigenvalue weighted by Crippen LogP contribution is -2.23. The van der Waals surface area contributed by atoms with Crippen LogP contribution in [0.1, 0.15) is 40.8 Å². The predicted octanol–water partition coefficient (Wildman–Crippen LogP) is 5.43. The van der Waals surface area contributed by atoms with Crippen LogP contribution in [0.5, 0.6) is 0 Å². The highest BCUT2D eigenvalue weighted by Gasteiger charge is 2.18. The van der Waals surface area contributed by atoms with Gasteiger partial charge in [-0.3, -0.25) is 9.59 Å². The molecule has 0 aliphatic heterocycles. The normalized spacial score (nSPS) is 11.0. The van der Waals surface area contributed by atoms with Crippen LogP contribution in [0.15, 0.2) is 73.1 Å². The number of fused-ring (bicyclic) bond motifs is 1. The van der Waals surface area contributed by atoms with E-state index in [9.17, 15) is 22.8 Å². The fourth-order valence-electron chi connectivity index (χ4n) is 3.42. The fourth-order valence-corrected chi connectivity index (χ4v) is 3.42. The van der Waals surface area contributed by atoms with Gasteiger partial charge in [-0.25, -0.2) is 13.2 Å². The third-order valence-electron chi connectivity index (χ3n) is 4.86. The molecule has 2 N–H and O–H groups in total. The quantitative estimate of drug-likeness (QED) is 0.434. The Morgan fingerprint density at radius 2 is 1.72 bits per heavy atom. The van der Waals surface area contributed by atoms with E-state index in [2.05, 4.69) is 18.5 Å². The van der Waals surface area contributed by atoms with Crippen LogP contribution in [0.4, 0.5) is 13.2 Å². The molecule has 0 bridgehead atoms. The zero-order chi connectivity index (χ0) is 23.4. The Labute approximate surface area is 182 Å². The minimum atomic E-state index is -2.57. The topological polar surface area (TPSA) is 71.3 Å². The summed E-state index contributed by atoms with van der Waals surface area (Å²) >= 11 is 0. The van der Waals surface area contributed by atoms with Crippen molar-refractivity contribution in [3.05, 3.63) is 95.6 Å². The number of aromatic nitrogens is 1. The number of nitrogens with zero attached hydrogens (tertiary/aromatic N) is 1. The molecule has 0 saturated carbocycles. The van der Waals surface area contributed by atoms with E-state index in [0.717, 1.165) is 0 Å². The average molecular weight is 442 g/mol. The molecule has 32 heavy (non-hydrogen) atoms. The number of nitrogens with one attached hydrogen (secondary N) is 1. The smallest absolute Gasteiger partial charge is 0.307 e. The number of carboxylic acid groups (broad SMARTS) is 1. The molecule has 0 aliphatic carbocycles. The molecule has 166 valence electrons. The van der Waals surface area contributed by atoms with Crippen LogP contribution in [0, 0.1) is 5.82 Å². The number of amides is 1. The lowest BCUT2D eigenvalue weighted by atomic mass is 10.1. The number of rotatable bonds is 9. The van der Waals surface area contributed by atoms with Crippen molar-refractivity contribution in [2.45, 2.75) is 25.8 Å². The summed E-state index contributed by atoms with van der Waals surface area (Å²) in [6.45, 7) is 7.63. The number of carboxylic acids is 1. The van der Waals surface area contributed by atoms with Crippen molar-refractivity contribution in [3.63, 3.8) is 0 Å². The minimum absolute atomic E-state index is 0.0970. The van der Waals surface area contributed by atoms with Gasteiger partial charge in [0, 0.05) is 35.8 Å². The first kappa shape index (κ1) is 22.9. The van der Waals surface area contributed by atoms with E-state index in [1.807, 2.05) is 0 Å². The third-order valence-corrected chi connectivity index (χ3v) is 4.86. The first-order valence-corrected chi connectivity index (χ1v) is 9.67. The Morgan fingerprint density at radius 1 is 1.03 bits per heavy atom. The molecule has 0 aliphatic rings. The third kappa shape index (κ3) is 5.26. The maximum absolute atomic E-state index is 14.4. The number of hydrogen-bond donors (Lipinski definition) is 2. The second kappa shape index (κ2) is 9.55. The van der Waals surface area contributed by atoms with E-state index < -0.39 is 24.1 Å². The van der Waals surface area contributed by atoms with E-state index in [1.54, 1.807) is 29.0 Å². The van der Waals surface area contributed by atoms with Crippen molar-refractivity contribution in [2.24, 2.45) is 0 Å². The number of benzene rings is 2. The molecule has 0 atom stereocenters. The van der Waals surface area contributed by atoms with Gasteiger partial charge in [-0.2, -0.15) is 0 Å². The number of carbonyl (C=O) groups excluding carboxylic acids is 1. The Hall–Kier alpha value is -3.81. The Morgan fingerprint density at radius 3 is 2.34 bits per heavy atom. The summed E-state index contributed by atoms with van der Waals surface area (Å²) in [7, 11) is 0. The van der Waals surface area contributed by atoms with Gasteiger partial charge in [0.25, 0.3) is 12.3 Å². The lowest BCUT2D eigenvalue weighted by molar-refractivity contribution is -0.136. The summed E-state index contributed by atoms with van der Waals surface area (Å²) < 4.78 is 41.6. The highest BCUT2D eigenvalue weighted by Crippen LogP contribution is 2.26. The summed E-state index contributed by atoms with van der Waals surface area (Å²) in [5.74, 6) is -2.07. The molecule has 3 rings (SSSR count). The standard InChI is InChI=1S/C24H21F3N2O3/c1-14(12-21(30)31)11-15(2)28-24(32)19-7-8-20(25)18-9-10-29(22(18)19)13-16-3-5-17(6-4-16)23(26)27/h3-10,23H,1-2,11-13H2,(H,28,32)(H,30,31). The number of hydrogen-bond acceptors (Lipinski definition) is 2. The van der Waals surface area contributed by atoms with Crippen LogP contribution in [0.3, 0.4) is 0 Å². The first-order chi connectivity index (χ1) is 15.2. The van der Waals surface area contributed by atoms with Crippen LogP contribution in [-0.4, -0.2) is 21.6 Å². The van der Waals surface area contributed by atoms with E-state index in [0.29, 0.717) is 16.7 Å². The van der Waals surface area contributed by atoms with Crippen molar-refractivity contribution >= 4 is 22.8 Å². The van der Waals surface area contributed by atoms with Gasteiger partial charge in [0.2, 0.25) is 0 Å². The molecule has 3 aromatic rings. The molecule has 1 aromatic heterocycles. The zero-order valence-electron chi connectivity index (χ0n) is 17.1. The maximum Gasteiger partial charge on any atom is 0.307 e. The monoisotopic (exact) mass is 442 g/mol. The molecule has 2 aromatic carbocycles. The van der Waals surface area contributed by atoms with E-state index >= 15 is 0 Å². The Bertz CT molecular complexity index is 1200. The van der Waals surface area contributed by atoms with Gasteiger partial charge in [0.05, 0.1) is 17.5 Å². The number of alkyl halides is 2. The first-order valence-electron chi connectivity index (χ1n) is 9.67. The minimum Gasteiger partial charge on any atom is -0.481 e. The average Bonchev–Trinajstić information content (AvgIpc) is 3.12. The summed E-state index contributed by atoms with van der Waals surface area (Å²) in [4.78, 5) is 23.6. The molecule has 0 saturated heterocycles. The summed E-state index contributed by atoms with van der Waals surface area (Å²) in [5.41, 5.74) is 1.79. The van der Waals surface area contributed by atoms with Gasteiger partial charge in [-0.1, -0.05) is 43.0 Å². The van der Waals surface area contributed by atoms with Crippen LogP contribution in [0.2, 0.25) is 0 Å². The Kier molecular flexibility index (Phi) is 6.82. The summed E-state index contributed by atoms with van der Waals surface area (Å²) in [6.07, 6.45) is -1.10. The number of halogens is 3. The summed E-state index contributed by atoms with van der Waals surface area (Å²) in [5, 5.41) is 11.7. The fraction of sp³-hybridized carbons (Fsp3) is 0.167. The van der Waals surface area contributed by atoms with Gasteiger partial charge >= 0.3 is 5.97 Å². The van der Waals surface area contributed by atoms with Gasteiger partial charge < -0.3 is 15.0 Å². The maximum atomic E-state index is 14.4. The van der Waals surface area contributed by atoms with Gasteiger partial charge in [-0.15, -0.1) is 0 Å². The van der Waals surface area contributed by atoms with Gasteiger partial charge in [0.15, 0.2) is 0 Å². The van der Waals surface area contributed by atoms with E-state index in [-0.39, 0.29) is 41.6 Å². The van der Waals surface area contributed by atoms with Crippen molar-refractivity contribution in [1.29, 1.82) is 0 Å². The zero-order valence-corrected chi connectivity index (χ0v) is 17.1. The SMILES string of the molecule is C=C(CC(=C)NC(=O)c1ccc(F)c2ccn(Cc3ccc(C(F)F)cc3)c12)CC(=O)O. The molecule has 1 amide bonds. The highest BCUT2D eigenvalue weighted by molar-refractivity contribution is 6.06. The number of allylic oxidation sites excluding steroid dienone is 1. The van der Waals surface area contributed by atoms with Gasteiger partial charge in [-0.05, 0) is 23.8 Å². The largest absolute Gasteiger partial charge is 0.481 e. The molecule has 0 radical (unpaired) electrons. The van der Waals surface area contributed by atoms with Gasteiger partial charge in [0.1, 0.15) is 5.82 Å². The molecule has 5 nitrogen and oxygen atoms in total. The van der Waals surface area contributed by atoms with Crippen LogP contribution >= 0.6 is 0 Å². The highest BCUT2D eigenvalue weighted by atomic mass is 19.3. The number of aliphatic carboxylic acids is 1. The van der Waals surface area contributed by atoms with Crippen molar-refractivity contribution in [3.8, 4) is 0 Å². The summed E-state index contributed by atoms with van der Waals surface area (Å²) in [6, 6.07) is 9.85. The molecule has 0 unspecified atom stereocenters. The van der Waals surface area contributed by atoms with Crippen LogP contribution in [-0.2, 0) is 11.3 Å². The van der Waals surface area contributed by atoms with Crippen molar-refractivity contribution < 1.29 is 27.9 Å². The second-order valence-electron chi connectivity index (χ2n) is 7.40. The lowest BCUT2D eigenvalue weighted by Gasteiger charge is -2.13. The van der Waals surface area contributed by atoms with E-state index in [4.69, 9.17) is 5.11 Å². The van der Waals surface area contributed by atoms with Crippen LogP contribution < -0.4 is 5.32 Å². The predicted molar refractivity (Wildman–Crippen MR) is 115 cm³/mol. The number of carbonyl (C=O) groups is 2. The molecule has 0 spiro atoms. The molecule has 8 heteroatoms. The van der Waals surface area contributed by atoms with Crippen molar-refractivity contribution in [2.75, 3.05) is 0 Å². The molecular formula is C24H21F3N2O3. The van der Waals surface area contributed by atoms with E-state index in [1.165, 1.54) is 24.3 Å². The Balaban J connectivity index is 1.86. The van der Waals surface area contributed by atoms with Crippen LogP contribution in [0.25, 0.3) is 10.9 Å². The second-order valence-corrected chi connectivity index (χ2v) is 7.40.